The van der Waals surface area contributed by atoms with Crippen LogP contribution in [0.15, 0.2) is 24.3 Å². The number of amides is 1. The van der Waals surface area contributed by atoms with Crippen molar-refractivity contribution in [3.8, 4) is 17.3 Å². The van der Waals surface area contributed by atoms with Crippen LogP contribution < -0.4 is 5.32 Å². The van der Waals surface area contributed by atoms with Crippen LogP contribution in [0.4, 0.5) is 5.13 Å². The lowest BCUT2D eigenvalue weighted by molar-refractivity contribution is -0.137. The largest absolute Gasteiger partial charge is 0.465 e. The molecule has 1 amide bonds. The molecule has 2 atom stereocenters. The number of nitrogens with one attached hydrogen (secondary N) is 1. The predicted octanol–water partition coefficient (Wildman–Crippen LogP) is 3.66. The fraction of sp³-hybridized carbons (Fsp3) is 0.368. The molecular weight excluding hydrogens is 350 g/mol. The van der Waals surface area contributed by atoms with Crippen molar-refractivity contribution in [3.05, 3.63) is 34.7 Å². The summed E-state index contributed by atoms with van der Waals surface area (Å²) < 4.78 is 5.01. The van der Waals surface area contributed by atoms with Crippen LogP contribution in [0.3, 0.4) is 0 Å². The minimum Gasteiger partial charge on any atom is -0.465 e. The molecule has 2 aromatic rings. The number of nitriles is 1. The van der Waals surface area contributed by atoms with Gasteiger partial charge in [-0.2, -0.15) is 5.26 Å². The van der Waals surface area contributed by atoms with Crippen molar-refractivity contribution in [2.75, 3.05) is 5.32 Å². The number of aryl methyl sites for hydroxylation is 1. The smallest absolute Gasteiger partial charge is 0.293 e. The Kier molecular flexibility index (Phi) is 5.64. The molecule has 0 spiro atoms. The van der Waals surface area contributed by atoms with Crippen LogP contribution in [0.5, 0.6) is 0 Å². The number of hydrogen-bond donors (Lipinski definition) is 1. The van der Waals surface area contributed by atoms with Gasteiger partial charge in [-0.15, -0.1) is 0 Å². The van der Waals surface area contributed by atoms with Crippen LogP contribution in [0.1, 0.15) is 36.1 Å². The molecule has 1 fully saturated rings. The lowest BCUT2D eigenvalue weighted by Crippen LogP contribution is -2.31. The molecule has 2 unspecified atom stereocenters. The second-order valence-electron chi connectivity index (χ2n) is 6.39. The third kappa shape index (κ3) is 4.09. The normalized spacial score (nSPS) is 19.4. The monoisotopic (exact) mass is 369 g/mol. The van der Waals surface area contributed by atoms with Gasteiger partial charge >= 0.3 is 0 Å². The molecule has 1 aromatic heterocycles. The Morgan fingerprint density at radius 2 is 2.31 bits per heavy atom. The van der Waals surface area contributed by atoms with Gasteiger partial charge < -0.3 is 10.1 Å². The van der Waals surface area contributed by atoms with E-state index in [1.54, 1.807) is 0 Å². The SMILES string of the molecule is Cc1cccc(-c2nc(NC(=O)C3CCCC(OC=O)C3)sc2C#N)c1. The molecule has 0 saturated heterocycles. The molecular formula is C19H19N3O3S. The van der Waals surface area contributed by atoms with E-state index >= 15 is 0 Å². The summed E-state index contributed by atoms with van der Waals surface area (Å²) >= 11 is 1.17. The van der Waals surface area contributed by atoms with Crippen molar-refractivity contribution in [2.24, 2.45) is 5.92 Å². The van der Waals surface area contributed by atoms with Crippen LogP contribution >= 0.6 is 11.3 Å². The lowest BCUT2D eigenvalue weighted by Gasteiger charge is -2.26. The van der Waals surface area contributed by atoms with Gasteiger partial charge in [0.1, 0.15) is 22.7 Å². The molecule has 1 aromatic carbocycles. The van der Waals surface area contributed by atoms with Gasteiger partial charge in [0.25, 0.3) is 6.47 Å². The molecule has 1 aliphatic rings. The minimum absolute atomic E-state index is 0.141. The Labute approximate surface area is 155 Å². The highest BCUT2D eigenvalue weighted by molar-refractivity contribution is 7.16. The Balaban J connectivity index is 1.75. The van der Waals surface area contributed by atoms with Gasteiger partial charge in [0.15, 0.2) is 5.13 Å². The highest BCUT2D eigenvalue weighted by Crippen LogP contribution is 2.32. The van der Waals surface area contributed by atoms with Crippen LogP contribution in [-0.4, -0.2) is 23.5 Å². The average Bonchev–Trinajstić information content (AvgIpc) is 3.05. The van der Waals surface area contributed by atoms with E-state index in [0.717, 1.165) is 30.4 Å². The van der Waals surface area contributed by atoms with Gasteiger partial charge in [-0.05, 0) is 38.7 Å². The maximum absolute atomic E-state index is 12.5. The summed E-state index contributed by atoms with van der Waals surface area (Å²) in [5, 5.41) is 12.6. The summed E-state index contributed by atoms with van der Waals surface area (Å²) in [5.74, 6) is -0.358. The summed E-state index contributed by atoms with van der Waals surface area (Å²) in [5.41, 5.74) is 2.52. The second kappa shape index (κ2) is 8.11. The maximum Gasteiger partial charge on any atom is 0.293 e. The Hall–Kier alpha value is -2.72. The van der Waals surface area contributed by atoms with Gasteiger partial charge in [0.05, 0.1) is 0 Å². The summed E-state index contributed by atoms with van der Waals surface area (Å²) in [4.78, 5) is 28.0. The number of benzene rings is 1. The number of hydrogen-bond acceptors (Lipinski definition) is 6. The fourth-order valence-corrected chi connectivity index (χ4v) is 4.02. The van der Waals surface area contributed by atoms with E-state index in [2.05, 4.69) is 16.4 Å². The summed E-state index contributed by atoms with van der Waals surface area (Å²) in [7, 11) is 0. The van der Waals surface area contributed by atoms with Gasteiger partial charge in [0.2, 0.25) is 5.91 Å². The molecule has 1 N–H and O–H groups in total. The topological polar surface area (TPSA) is 92.1 Å². The Morgan fingerprint density at radius 3 is 3.04 bits per heavy atom. The summed E-state index contributed by atoms with van der Waals surface area (Å²) in [6.45, 7) is 2.42. The number of aromatic nitrogens is 1. The predicted molar refractivity (Wildman–Crippen MR) is 98.5 cm³/mol. The van der Waals surface area contributed by atoms with Gasteiger partial charge in [-0.1, -0.05) is 35.1 Å². The van der Waals surface area contributed by atoms with Crippen molar-refractivity contribution >= 4 is 28.8 Å². The standard InChI is InChI=1S/C19H19N3O3S/c1-12-4-2-5-13(8-12)17-16(10-20)26-19(21-17)22-18(24)14-6-3-7-15(9-14)25-11-23/h2,4-5,8,11,14-15H,3,6-7,9H2,1H3,(H,21,22,24). The molecule has 1 aliphatic carbocycles. The molecule has 7 heteroatoms. The third-order valence-electron chi connectivity index (χ3n) is 4.50. The van der Waals surface area contributed by atoms with E-state index in [0.29, 0.717) is 28.6 Å². The number of ether oxygens (including phenoxy) is 1. The van der Waals surface area contributed by atoms with Crippen LogP contribution in [-0.2, 0) is 14.3 Å². The van der Waals surface area contributed by atoms with E-state index in [1.165, 1.54) is 11.3 Å². The van der Waals surface area contributed by atoms with Crippen LogP contribution in [0.2, 0.25) is 0 Å². The first-order valence-corrected chi connectivity index (χ1v) is 9.30. The molecule has 6 nitrogen and oxygen atoms in total. The van der Waals surface area contributed by atoms with Crippen molar-refractivity contribution < 1.29 is 14.3 Å². The van der Waals surface area contributed by atoms with Crippen LogP contribution in [0.25, 0.3) is 11.3 Å². The first-order chi connectivity index (χ1) is 12.6. The molecule has 0 aliphatic heterocycles. The zero-order valence-electron chi connectivity index (χ0n) is 14.4. The molecule has 134 valence electrons. The summed E-state index contributed by atoms with van der Waals surface area (Å²) in [6, 6.07) is 9.91. The number of carbonyl (C=O) groups excluding carboxylic acids is 2. The van der Waals surface area contributed by atoms with Crippen molar-refractivity contribution in [1.29, 1.82) is 5.26 Å². The number of rotatable bonds is 5. The Bertz CT molecular complexity index is 856. The fourth-order valence-electron chi connectivity index (χ4n) is 3.23. The van der Waals surface area contributed by atoms with E-state index in [4.69, 9.17) is 4.74 Å². The van der Waals surface area contributed by atoms with Gasteiger partial charge in [-0.3, -0.25) is 9.59 Å². The first-order valence-electron chi connectivity index (χ1n) is 8.48. The number of nitrogens with zero attached hydrogens (tertiary/aromatic N) is 2. The van der Waals surface area contributed by atoms with Crippen molar-refractivity contribution in [2.45, 2.75) is 38.7 Å². The summed E-state index contributed by atoms with van der Waals surface area (Å²) in [6.07, 6.45) is 2.70. The lowest BCUT2D eigenvalue weighted by atomic mass is 9.86. The highest BCUT2D eigenvalue weighted by Gasteiger charge is 2.29. The molecule has 3 rings (SSSR count). The zero-order valence-corrected chi connectivity index (χ0v) is 15.2. The van der Waals surface area contributed by atoms with E-state index in [1.807, 2.05) is 31.2 Å². The molecule has 0 radical (unpaired) electrons. The molecule has 26 heavy (non-hydrogen) atoms. The van der Waals surface area contributed by atoms with Crippen molar-refractivity contribution in [3.63, 3.8) is 0 Å². The molecule has 1 saturated carbocycles. The average molecular weight is 369 g/mol. The van der Waals surface area contributed by atoms with Gasteiger partial charge in [-0.25, -0.2) is 4.98 Å². The number of thiazole rings is 1. The Morgan fingerprint density at radius 1 is 1.46 bits per heavy atom. The van der Waals surface area contributed by atoms with E-state index in [9.17, 15) is 14.9 Å². The zero-order chi connectivity index (χ0) is 18.5. The molecule has 0 bridgehead atoms. The second-order valence-corrected chi connectivity index (χ2v) is 7.38. The first kappa shape index (κ1) is 18.1. The highest BCUT2D eigenvalue weighted by atomic mass is 32.1. The van der Waals surface area contributed by atoms with Crippen molar-refractivity contribution in [1.82, 2.24) is 4.98 Å². The quantitative estimate of drug-likeness (QED) is 0.812. The van der Waals surface area contributed by atoms with E-state index in [-0.39, 0.29) is 17.9 Å². The van der Waals surface area contributed by atoms with E-state index < -0.39 is 0 Å². The van der Waals surface area contributed by atoms with Crippen LogP contribution in [0, 0.1) is 24.2 Å². The third-order valence-corrected chi connectivity index (χ3v) is 5.37. The minimum atomic E-state index is -0.217. The van der Waals surface area contributed by atoms with Gasteiger partial charge in [0, 0.05) is 11.5 Å². The number of anilines is 1. The maximum atomic E-state index is 12.5. The molecule has 1 heterocycles. The number of carbonyl (C=O) groups is 2.